The van der Waals surface area contributed by atoms with Crippen LogP contribution in [0.3, 0.4) is 0 Å². The van der Waals surface area contributed by atoms with Gasteiger partial charge in [-0.05, 0) is 12.1 Å². The summed E-state index contributed by atoms with van der Waals surface area (Å²) in [5.41, 5.74) is 6.51. The number of fused-ring (bicyclic) bond motifs is 1. The molecule has 0 aliphatic carbocycles. The number of halogens is 1. The molecule has 1 unspecified atom stereocenters. The number of nitrogens with one attached hydrogen (secondary N) is 1. The number of anilines is 1. The molecule has 1 aromatic rings. The van der Waals surface area contributed by atoms with Crippen molar-refractivity contribution >= 4 is 11.6 Å². The Balaban J connectivity index is 2.48. The Hall–Kier alpha value is -1.42. The monoisotopic (exact) mass is 180 g/mol. The van der Waals surface area contributed by atoms with Gasteiger partial charge in [-0.2, -0.15) is 0 Å². The second-order valence-electron chi connectivity index (χ2n) is 3.07. The molecule has 13 heavy (non-hydrogen) atoms. The Morgan fingerprint density at radius 3 is 3.08 bits per heavy atom. The molecule has 0 saturated carbocycles. The molecule has 0 fully saturated rings. The summed E-state index contributed by atoms with van der Waals surface area (Å²) in [4.78, 5) is 11.1. The minimum Gasteiger partial charge on any atom is -0.324 e. The zero-order valence-electron chi connectivity index (χ0n) is 6.88. The fourth-order valence-corrected chi connectivity index (χ4v) is 1.42. The zero-order chi connectivity index (χ0) is 9.42. The van der Waals surface area contributed by atoms with Crippen molar-refractivity contribution in [3.05, 3.63) is 29.6 Å². The summed E-state index contributed by atoms with van der Waals surface area (Å²) in [5, 5.41) is 2.55. The van der Waals surface area contributed by atoms with E-state index in [1.807, 2.05) is 0 Å². The summed E-state index contributed by atoms with van der Waals surface area (Å²) in [5.74, 6) is -0.564. The lowest BCUT2D eigenvalue weighted by atomic mass is 9.99. The molecule has 0 bridgehead atoms. The Kier molecular flexibility index (Phi) is 1.77. The molecule has 1 heterocycles. The molecule has 0 aromatic heterocycles. The van der Waals surface area contributed by atoms with E-state index in [2.05, 4.69) is 5.32 Å². The fourth-order valence-electron chi connectivity index (χ4n) is 1.42. The highest BCUT2D eigenvalue weighted by Gasteiger charge is 2.24. The van der Waals surface area contributed by atoms with Crippen LogP contribution in [-0.2, 0) is 11.2 Å². The number of hydrogen-bond acceptors (Lipinski definition) is 2. The van der Waals surface area contributed by atoms with E-state index >= 15 is 0 Å². The maximum absolute atomic E-state index is 13.2. The number of nitrogens with two attached hydrogens (primary N) is 1. The first-order chi connectivity index (χ1) is 6.18. The Morgan fingerprint density at radius 1 is 1.54 bits per heavy atom. The van der Waals surface area contributed by atoms with Crippen LogP contribution in [0.25, 0.3) is 0 Å². The first kappa shape index (κ1) is 8.19. The van der Waals surface area contributed by atoms with Crippen molar-refractivity contribution in [1.29, 1.82) is 0 Å². The lowest BCUT2D eigenvalue weighted by Crippen LogP contribution is -2.41. The summed E-state index contributed by atoms with van der Waals surface area (Å²) < 4.78 is 13.2. The normalized spacial score (nSPS) is 20.8. The van der Waals surface area contributed by atoms with Crippen molar-refractivity contribution < 1.29 is 9.18 Å². The van der Waals surface area contributed by atoms with Gasteiger partial charge in [0.2, 0.25) is 5.91 Å². The lowest BCUT2D eigenvalue weighted by molar-refractivity contribution is -0.117. The highest BCUT2D eigenvalue weighted by Crippen LogP contribution is 2.23. The van der Waals surface area contributed by atoms with E-state index in [0.717, 1.165) is 0 Å². The number of carbonyl (C=O) groups is 1. The van der Waals surface area contributed by atoms with Crippen LogP contribution in [0.5, 0.6) is 0 Å². The van der Waals surface area contributed by atoms with E-state index in [-0.39, 0.29) is 18.1 Å². The first-order valence-electron chi connectivity index (χ1n) is 4.02. The van der Waals surface area contributed by atoms with E-state index in [4.69, 9.17) is 5.73 Å². The predicted octanol–water partition coefficient (Wildman–Crippen LogP) is 0.648. The van der Waals surface area contributed by atoms with E-state index in [0.29, 0.717) is 11.3 Å². The van der Waals surface area contributed by atoms with Crippen LogP contribution < -0.4 is 11.1 Å². The third-order valence-corrected chi connectivity index (χ3v) is 2.14. The SMILES string of the molecule is NC1Cc2c(F)cccc2NC1=O. The maximum Gasteiger partial charge on any atom is 0.241 e. The van der Waals surface area contributed by atoms with Crippen LogP contribution in [0.15, 0.2) is 18.2 Å². The average molecular weight is 180 g/mol. The molecule has 0 saturated heterocycles. The molecule has 0 spiro atoms. The van der Waals surface area contributed by atoms with Crippen LogP contribution in [0, 0.1) is 5.82 Å². The highest BCUT2D eigenvalue weighted by atomic mass is 19.1. The van der Waals surface area contributed by atoms with Gasteiger partial charge >= 0.3 is 0 Å². The molecule has 1 aromatic carbocycles. The summed E-state index contributed by atoms with van der Waals surface area (Å²) >= 11 is 0. The van der Waals surface area contributed by atoms with Crippen molar-refractivity contribution in [2.24, 2.45) is 5.73 Å². The van der Waals surface area contributed by atoms with Crippen molar-refractivity contribution in [3.8, 4) is 0 Å². The van der Waals surface area contributed by atoms with Gasteiger partial charge in [-0.3, -0.25) is 4.79 Å². The van der Waals surface area contributed by atoms with Crippen LogP contribution in [0.4, 0.5) is 10.1 Å². The lowest BCUT2D eigenvalue weighted by Gasteiger charge is -2.21. The molecule has 68 valence electrons. The summed E-state index contributed by atoms with van der Waals surface area (Å²) in [6, 6.07) is 3.96. The Labute approximate surface area is 74.7 Å². The molecule has 1 atom stereocenters. The largest absolute Gasteiger partial charge is 0.324 e. The van der Waals surface area contributed by atoms with E-state index in [1.165, 1.54) is 6.07 Å². The van der Waals surface area contributed by atoms with Crippen LogP contribution in [0.1, 0.15) is 5.56 Å². The minimum absolute atomic E-state index is 0.252. The topological polar surface area (TPSA) is 55.1 Å². The Morgan fingerprint density at radius 2 is 2.31 bits per heavy atom. The summed E-state index contributed by atoms with van der Waals surface area (Å²) in [6.07, 6.45) is 0.272. The van der Waals surface area contributed by atoms with E-state index in [9.17, 15) is 9.18 Å². The van der Waals surface area contributed by atoms with Gasteiger partial charge in [0, 0.05) is 17.7 Å². The molecule has 3 nitrogen and oxygen atoms in total. The number of rotatable bonds is 0. The molecular formula is C9H9FN2O. The second-order valence-corrected chi connectivity index (χ2v) is 3.07. The zero-order valence-corrected chi connectivity index (χ0v) is 6.88. The van der Waals surface area contributed by atoms with E-state index in [1.54, 1.807) is 12.1 Å². The van der Waals surface area contributed by atoms with Crippen molar-refractivity contribution in [2.75, 3.05) is 5.32 Å². The van der Waals surface area contributed by atoms with Crippen LogP contribution in [0.2, 0.25) is 0 Å². The third-order valence-electron chi connectivity index (χ3n) is 2.14. The Bertz CT molecular complexity index is 365. The fraction of sp³-hybridized carbons (Fsp3) is 0.222. The molecule has 0 radical (unpaired) electrons. The number of benzene rings is 1. The third kappa shape index (κ3) is 1.29. The van der Waals surface area contributed by atoms with Gasteiger partial charge in [-0.25, -0.2) is 4.39 Å². The number of amides is 1. The van der Waals surface area contributed by atoms with Crippen molar-refractivity contribution in [2.45, 2.75) is 12.5 Å². The summed E-state index contributed by atoms with van der Waals surface area (Å²) in [6.45, 7) is 0. The van der Waals surface area contributed by atoms with Gasteiger partial charge in [-0.15, -0.1) is 0 Å². The molecular weight excluding hydrogens is 171 g/mol. The van der Waals surface area contributed by atoms with E-state index < -0.39 is 6.04 Å². The smallest absolute Gasteiger partial charge is 0.241 e. The quantitative estimate of drug-likeness (QED) is 0.615. The van der Waals surface area contributed by atoms with Crippen molar-refractivity contribution in [1.82, 2.24) is 0 Å². The van der Waals surface area contributed by atoms with Gasteiger partial charge in [0.05, 0.1) is 6.04 Å². The molecule has 1 amide bonds. The molecule has 4 heteroatoms. The summed E-state index contributed by atoms with van der Waals surface area (Å²) in [7, 11) is 0. The van der Waals surface area contributed by atoms with Gasteiger partial charge in [0.25, 0.3) is 0 Å². The standard InChI is InChI=1S/C9H9FN2O/c10-6-2-1-3-8-5(6)4-7(11)9(13)12-8/h1-3,7H,4,11H2,(H,12,13). The maximum atomic E-state index is 13.2. The van der Waals surface area contributed by atoms with Crippen LogP contribution >= 0.6 is 0 Å². The predicted molar refractivity (Wildman–Crippen MR) is 46.7 cm³/mol. The highest BCUT2D eigenvalue weighted by molar-refractivity contribution is 5.97. The average Bonchev–Trinajstić information content (AvgIpc) is 2.09. The first-order valence-corrected chi connectivity index (χ1v) is 4.02. The van der Waals surface area contributed by atoms with Crippen molar-refractivity contribution in [3.63, 3.8) is 0 Å². The molecule has 1 aliphatic heterocycles. The molecule has 2 rings (SSSR count). The number of hydrogen-bond donors (Lipinski definition) is 2. The minimum atomic E-state index is -0.635. The van der Waals surface area contributed by atoms with Gasteiger partial charge < -0.3 is 11.1 Å². The van der Waals surface area contributed by atoms with Gasteiger partial charge in [0.15, 0.2) is 0 Å². The molecule has 1 aliphatic rings. The second kappa shape index (κ2) is 2.81. The van der Waals surface area contributed by atoms with Gasteiger partial charge in [0.1, 0.15) is 5.82 Å². The van der Waals surface area contributed by atoms with Crippen LogP contribution in [-0.4, -0.2) is 11.9 Å². The van der Waals surface area contributed by atoms with Gasteiger partial charge in [-0.1, -0.05) is 6.07 Å². The molecule has 3 N–H and O–H groups in total. The number of carbonyl (C=O) groups excluding carboxylic acids is 1.